The summed E-state index contributed by atoms with van der Waals surface area (Å²) in [6, 6.07) is 3.52. The molecule has 3 rings (SSSR count). The van der Waals surface area contributed by atoms with E-state index in [1.54, 1.807) is 26.4 Å². The number of nitrogen functional groups attached to an aromatic ring is 1. The van der Waals surface area contributed by atoms with E-state index in [0.717, 1.165) is 0 Å². The first-order valence-corrected chi connectivity index (χ1v) is 7.70. The predicted molar refractivity (Wildman–Crippen MR) is 96.9 cm³/mol. The molecule has 0 unspecified atom stereocenters. The lowest BCUT2D eigenvalue weighted by Gasteiger charge is -2.30. The van der Waals surface area contributed by atoms with Gasteiger partial charge in [0.05, 0.1) is 25.7 Å². The maximum absolute atomic E-state index is 11.1. The highest BCUT2D eigenvalue weighted by Crippen LogP contribution is 2.34. The van der Waals surface area contributed by atoms with E-state index < -0.39 is 5.97 Å². The highest BCUT2D eigenvalue weighted by Gasteiger charge is 2.26. The van der Waals surface area contributed by atoms with E-state index in [1.807, 2.05) is 4.90 Å². The number of anilines is 2. The molecule has 0 bridgehead atoms. The molecule has 0 saturated carbocycles. The molecule has 1 aliphatic rings. The van der Waals surface area contributed by atoms with Gasteiger partial charge in [-0.05, 0) is 18.9 Å². The van der Waals surface area contributed by atoms with E-state index >= 15 is 0 Å². The number of aliphatic carboxylic acids is 1. The average molecular weight is 369 g/mol. The van der Waals surface area contributed by atoms with E-state index in [0.29, 0.717) is 60.1 Å². The van der Waals surface area contributed by atoms with E-state index in [2.05, 4.69) is 9.97 Å². The van der Waals surface area contributed by atoms with Gasteiger partial charge in [0, 0.05) is 24.5 Å². The predicted octanol–water partition coefficient (Wildman–Crippen LogP) is 1.95. The molecule has 2 aromatic rings. The van der Waals surface area contributed by atoms with Crippen LogP contribution in [0.3, 0.4) is 0 Å². The van der Waals surface area contributed by atoms with Crippen LogP contribution in [-0.4, -0.2) is 48.4 Å². The molecule has 3 N–H and O–H groups in total. The number of nitrogens with zero attached hydrogens (tertiary/aromatic N) is 3. The van der Waals surface area contributed by atoms with Crippen molar-refractivity contribution in [3.63, 3.8) is 0 Å². The highest BCUT2D eigenvalue weighted by atomic mass is 35.5. The Hall–Kier alpha value is -2.48. The Morgan fingerprint density at radius 2 is 1.80 bits per heavy atom. The van der Waals surface area contributed by atoms with Crippen LogP contribution in [-0.2, 0) is 4.79 Å². The summed E-state index contributed by atoms with van der Waals surface area (Å²) in [5, 5.41) is 9.78. The fourth-order valence-electron chi connectivity index (χ4n) is 2.93. The zero-order chi connectivity index (χ0) is 17.3. The molecule has 1 saturated heterocycles. The molecular weight excluding hydrogens is 348 g/mol. The molecule has 1 aliphatic heterocycles. The third kappa shape index (κ3) is 3.63. The number of carbonyl (C=O) groups is 1. The Kier molecular flexibility index (Phi) is 5.73. The second-order valence-corrected chi connectivity index (χ2v) is 5.73. The number of ether oxygens (including phenoxy) is 2. The molecule has 0 atom stereocenters. The molecule has 1 aromatic carbocycles. The molecule has 0 spiro atoms. The van der Waals surface area contributed by atoms with Crippen molar-refractivity contribution < 1.29 is 19.4 Å². The molecule has 0 aliphatic carbocycles. The van der Waals surface area contributed by atoms with Crippen molar-refractivity contribution in [3.8, 4) is 11.5 Å². The maximum Gasteiger partial charge on any atom is 0.306 e. The number of nitrogens with two attached hydrogens (primary N) is 1. The van der Waals surface area contributed by atoms with Gasteiger partial charge in [0.15, 0.2) is 11.5 Å². The Morgan fingerprint density at radius 3 is 2.36 bits per heavy atom. The van der Waals surface area contributed by atoms with Crippen molar-refractivity contribution in [2.45, 2.75) is 12.8 Å². The topological polar surface area (TPSA) is 111 Å². The standard InChI is InChI=1S/C16H20N4O4.ClH/c1-23-12-7-10-11(8-13(12)24-2)18-16(19-14(10)17)20-5-3-9(4-6-20)15(21)22;/h7-9H,3-6H2,1-2H3,(H,21,22)(H2,17,18,19);1H. The first kappa shape index (κ1) is 18.9. The van der Waals surface area contributed by atoms with Crippen molar-refractivity contribution in [2.24, 2.45) is 5.92 Å². The van der Waals surface area contributed by atoms with Gasteiger partial charge in [-0.2, -0.15) is 4.98 Å². The van der Waals surface area contributed by atoms with E-state index in [4.69, 9.17) is 20.3 Å². The number of piperidine rings is 1. The molecular formula is C16H21ClN4O4. The number of carboxylic acid groups (broad SMARTS) is 1. The minimum atomic E-state index is -0.745. The minimum Gasteiger partial charge on any atom is -0.493 e. The summed E-state index contributed by atoms with van der Waals surface area (Å²) in [6.07, 6.45) is 1.14. The molecule has 2 heterocycles. The van der Waals surface area contributed by atoms with E-state index in [1.165, 1.54) is 0 Å². The Balaban J connectivity index is 0.00000225. The van der Waals surface area contributed by atoms with Crippen LogP contribution in [0.1, 0.15) is 12.8 Å². The summed E-state index contributed by atoms with van der Waals surface area (Å²) in [5.41, 5.74) is 6.75. The van der Waals surface area contributed by atoms with Crippen molar-refractivity contribution in [3.05, 3.63) is 12.1 Å². The second-order valence-electron chi connectivity index (χ2n) is 5.73. The van der Waals surface area contributed by atoms with Crippen LogP contribution >= 0.6 is 12.4 Å². The monoisotopic (exact) mass is 368 g/mol. The number of methoxy groups -OCH3 is 2. The van der Waals surface area contributed by atoms with Crippen molar-refractivity contribution in [1.82, 2.24) is 9.97 Å². The number of benzene rings is 1. The average Bonchev–Trinajstić information content (AvgIpc) is 2.60. The van der Waals surface area contributed by atoms with Gasteiger partial charge in [-0.1, -0.05) is 0 Å². The van der Waals surface area contributed by atoms with Gasteiger partial charge in [0.2, 0.25) is 5.95 Å². The number of carboxylic acids is 1. The zero-order valence-corrected chi connectivity index (χ0v) is 14.9. The van der Waals surface area contributed by atoms with Crippen LogP contribution in [0.25, 0.3) is 10.9 Å². The summed E-state index contributed by atoms with van der Waals surface area (Å²) >= 11 is 0. The molecule has 136 valence electrons. The number of hydrogen-bond donors (Lipinski definition) is 2. The normalized spacial score (nSPS) is 14.9. The Morgan fingerprint density at radius 1 is 1.20 bits per heavy atom. The fraction of sp³-hybridized carbons (Fsp3) is 0.438. The maximum atomic E-state index is 11.1. The number of rotatable bonds is 4. The fourth-order valence-corrected chi connectivity index (χ4v) is 2.93. The molecule has 1 fully saturated rings. The lowest BCUT2D eigenvalue weighted by molar-refractivity contribution is -0.142. The van der Waals surface area contributed by atoms with Gasteiger partial charge >= 0.3 is 5.97 Å². The van der Waals surface area contributed by atoms with Crippen LogP contribution in [0.4, 0.5) is 11.8 Å². The molecule has 1 aromatic heterocycles. The summed E-state index contributed by atoms with van der Waals surface area (Å²) in [6.45, 7) is 1.18. The third-order valence-electron chi connectivity index (χ3n) is 4.35. The summed E-state index contributed by atoms with van der Waals surface area (Å²) < 4.78 is 10.6. The first-order chi connectivity index (χ1) is 11.5. The zero-order valence-electron chi connectivity index (χ0n) is 14.1. The molecule has 25 heavy (non-hydrogen) atoms. The molecule has 9 heteroatoms. The molecule has 0 radical (unpaired) electrons. The van der Waals surface area contributed by atoms with Gasteiger partial charge in [-0.25, -0.2) is 4.98 Å². The van der Waals surface area contributed by atoms with E-state index in [9.17, 15) is 4.79 Å². The summed E-state index contributed by atoms with van der Waals surface area (Å²) in [5.74, 6) is 0.954. The smallest absolute Gasteiger partial charge is 0.306 e. The number of hydrogen-bond acceptors (Lipinski definition) is 7. The molecule has 8 nitrogen and oxygen atoms in total. The van der Waals surface area contributed by atoms with Gasteiger partial charge in [0.25, 0.3) is 0 Å². The van der Waals surface area contributed by atoms with Crippen LogP contribution in [0.15, 0.2) is 12.1 Å². The van der Waals surface area contributed by atoms with Crippen molar-refractivity contribution in [1.29, 1.82) is 0 Å². The minimum absolute atomic E-state index is 0. The van der Waals surface area contributed by atoms with Gasteiger partial charge in [-0.15, -0.1) is 12.4 Å². The lowest BCUT2D eigenvalue weighted by atomic mass is 9.97. The van der Waals surface area contributed by atoms with E-state index in [-0.39, 0.29) is 18.3 Å². The Bertz CT molecular complexity index is 778. The van der Waals surface area contributed by atoms with Gasteiger partial charge in [-0.3, -0.25) is 4.79 Å². The Labute approximate surface area is 151 Å². The van der Waals surface area contributed by atoms with Gasteiger partial charge in [0.1, 0.15) is 5.82 Å². The highest BCUT2D eigenvalue weighted by molar-refractivity contribution is 5.91. The van der Waals surface area contributed by atoms with Crippen LogP contribution in [0, 0.1) is 5.92 Å². The van der Waals surface area contributed by atoms with Crippen molar-refractivity contribution in [2.75, 3.05) is 37.9 Å². The SMILES string of the molecule is COc1cc2nc(N3CCC(C(=O)O)CC3)nc(N)c2cc1OC.Cl. The van der Waals surface area contributed by atoms with Crippen LogP contribution in [0.2, 0.25) is 0 Å². The summed E-state index contributed by atoms with van der Waals surface area (Å²) in [4.78, 5) is 22.0. The summed E-state index contributed by atoms with van der Waals surface area (Å²) in [7, 11) is 3.12. The number of fused-ring (bicyclic) bond motifs is 1. The lowest BCUT2D eigenvalue weighted by Crippen LogP contribution is -2.37. The van der Waals surface area contributed by atoms with Crippen molar-refractivity contribution >= 4 is 41.0 Å². The first-order valence-electron chi connectivity index (χ1n) is 7.70. The second kappa shape index (κ2) is 7.60. The van der Waals surface area contributed by atoms with Gasteiger partial charge < -0.3 is 25.2 Å². The number of aromatic nitrogens is 2. The third-order valence-corrected chi connectivity index (χ3v) is 4.35. The quantitative estimate of drug-likeness (QED) is 0.842. The van der Waals surface area contributed by atoms with Crippen LogP contribution in [0.5, 0.6) is 11.5 Å². The molecule has 0 amide bonds. The largest absolute Gasteiger partial charge is 0.493 e. The van der Waals surface area contributed by atoms with Crippen LogP contribution < -0.4 is 20.1 Å². The number of halogens is 1.